The number of hydrogen-bond donors (Lipinski definition) is 1. The fourth-order valence-corrected chi connectivity index (χ4v) is 3.58. The number of halogens is 2. The molecule has 0 atom stereocenters. The molecule has 1 N–H and O–H groups in total. The molecular weight excluding hydrogens is 383 g/mol. The number of anilines is 3. The molecule has 1 aliphatic heterocycles. The molecule has 142 valence electrons. The third-order valence-electron chi connectivity index (χ3n) is 4.72. The van der Waals surface area contributed by atoms with Gasteiger partial charge in [-0.2, -0.15) is 4.98 Å². The number of aromatic amines is 1. The van der Waals surface area contributed by atoms with Crippen LogP contribution in [0.4, 0.5) is 21.5 Å². The minimum absolute atomic E-state index is 0.175. The van der Waals surface area contributed by atoms with Gasteiger partial charge in [-0.3, -0.25) is 9.69 Å². The SMILES string of the molecule is Cc1cc(F)ccc1N1CN(c2c[nH]c(=O)nc2C)C(=O)c2cc(Cl)ccc21. The van der Waals surface area contributed by atoms with Gasteiger partial charge >= 0.3 is 5.69 Å². The number of carbonyl (C=O) groups excluding carboxylic acids is 1. The molecule has 0 aliphatic carbocycles. The molecule has 8 heteroatoms. The molecule has 1 amide bonds. The predicted molar refractivity (Wildman–Crippen MR) is 106 cm³/mol. The fraction of sp³-hybridized carbons (Fsp3) is 0.150. The third kappa shape index (κ3) is 3.03. The summed E-state index contributed by atoms with van der Waals surface area (Å²) < 4.78 is 13.6. The normalized spacial score (nSPS) is 13.6. The summed E-state index contributed by atoms with van der Waals surface area (Å²) in [7, 11) is 0. The van der Waals surface area contributed by atoms with Crippen LogP contribution in [0.5, 0.6) is 0 Å². The van der Waals surface area contributed by atoms with E-state index in [2.05, 4.69) is 9.97 Å². The summed E-state index contributed by atoms with van der Waals surface area (Å²) in [5.41, 5.74) is 3.01. The Morgan fingerprint density at radius 3 is 2.50 bits per heavy atom. The molecule has 0 spiro atoms. The average molecular weight is 399 g/mol. The van der Waals surface area contributed by atoms with E-state index in [0.29, 0.717) is 27.7 Å². The Bertz CT molecular complexity index is 1160. The van der Waals surface area contributed by atoms with E-state index in [0.717, 1.165) is 11.3 Å². The first-order chi connectivity index (χ1) is 13.3. The summed E-state index contributed by atoms with van der Waals surface area (Å²) in [6.07, 6.45) is 1.47. The van der Waals surface area contributed by atoms with Crippen molar-refractivity contribution in [3.8, 4) is 0 Å². The zero-order chi connectivity index (χ0) is 20.0. The topological polar surface area (TPSA) is 69.3 Å². The summed E-state index contributed by atoms with van der Waals surface area (Å²) in [4.78, 5) is 34.5. The van der Waals surface area contributed by atoms with Crippen LogP contribution in [0, 0.1) is 19.7 Å². The van der Waals surface area contributed by atoms with Crippen LogP contribution in [0.3, 0.4) is 0 Å². The molecule has 0 saturated heterocycles. The number of aryl methyl sites for hydroxylation is 2. The van der Waals surface area contributed by atoms with Gasteiger partial charge in [0.2, 0.25) is 0 Å². The molecular formula is C20H16ClFN4O2. The van der Waals surface area contributed by atoms with Gasteiger partial charge in [-0.1, -0.05) is 11.6 Å². The largest absolute Gasteiger partial charge is 0.345 e. The minimum atomic E-state index is -0.486. The molecule has 0 bridgehead atoms. The molecule has 1 aromatic heterocycles. The molecule has 0 radical (unpaired) electrons. The number of H-pyrrole nitrogens is 1. The third-order valence-corrected chi connectivity index (χ3v) is 4.96. The quantitative estimate of drug-likeness (QED) is 0.710. The fourth-order valence-electron chi connectivity index (χ4n) is 3.41. The Labute approximate surface area is 165 Å². The Morgan fingerprint density at radius 1 is 1.04 bits per heavy atom. The number of benzene rings is 2. The van der Waals surface area contributed by atoms with Crippen molar-refractivity contribution in [2.24, 2.45) is 0 Å². The van der Waals surface area contributed by atoms with Gasteiger partial charge in [0.1, 0.15) is 12.5 Å². The van der Waals surface area contributed by atoms with Crippen LogP contribution < -0.4 is 15.5 Å². The van der Waals surface area contributed by atoms with Gasteiger partial charge in [-0.15, -0.1) is 0 Å². The first-order valence-electron chi connectivity index (χ1n) is 8.56. The van der Waals surface area contributed by atoms with Crippen molar-refractivity contribution in [2.75, 3.05) is 16.5 Å². The number of nitrogens with one attached hydrogen (secondary N) is 1. The lowest BCUT2D eigenvalue weighted by Crippen LogP contribution is -2.45. The van der Waals surface area contributed by atoms with Gasteiger partial charge in [-0.25, -0.2) is 9.18 Å². The van der Waals surface area contributed by atoms with Crippen LogP contribution in [0.2, 0.25) is 5.02 Å². The van der Waals surface area contributed by atoms with Gasteiger partial charge in [0.15, 0.2) is 0 Å². The molecule has 3 aromatic rings. The lowest BCUT2D eigenvalue weighted by atomic mass is 10.0. The van der Waals surface area contributed by atoms with Crippen molar-refractivity contribution in [2.45, 2.75) is 13.8 Å². The standard InChI is InChI=1S/C20H16ClFN4O2/c1-11-7-14(22)4-6-16(11)25-10-26(18-9-23-20(28)24-12(18)2)19(27)15-8-13(21)3-5-17(15)25/h3-9H,10H2,1-2H3,(H,23,24,28). The van der Waals surface area contributed by atoms with Crippen LogP contribution in [-0.2, 0) is 0 Å². The van der Waals surface area contributed by atoms with Gasteiger partial charge in [0.05, 0.1) is 22.6 Å². The van der Waals surface area contributed by atoms with Gasteiger partial charge in [0.25, 0.3) is 5.91 Å². The van der Waals surface area contributed by atoms with Crippen LogP contribution in [-0.4, -0.2) is 22.5 Å². The van der Waals surface area contributed by atoms with E-state index in [1.54, 1.807) is 31.2 Å². The Morgan fingerprint density at radius 2 is 1.79 bits per heavy atom. The maximum atomic E-state index is 13.6. The maximum absolute atomic E-state index is 13.6. The van der Waals surface area contributed by atoms with E-state index in [9.17, 15) is 14.0 Å². The van der Waals surface area contributed by atoms with E-state index in [-0.39, 0.29) is 18.4 Å². The average Bonchev–Trinajstić information content (AvgIpc) is 2.64. The first-order valence-corrected chi connectivity index (χ1v) is 8.94. The Hall–Kier alpha value is -3.19. The van der Waals surface area contributed by atoms with Crippen molar-refractivity contribution in [1.29, 1.82) is 0 Å². The maximum Gasteiger partial charge on any atom is 0.345 e. The number of aromatic nitrogens is 2. The summed E-state index contributed by atoms with van der Waals surface area (Å²) in [5, 5.41) is 0.432. The minimum Gasteiger partial charge on any atom is -0.322 e. The van der Waals surface area contributed by atoms with Crippen molar-refractivity contribution in [1.82, 2.24) is 9.97 Å². The van der Waals surface area contributed by atoms with Crippen molar-refractivity contribution in [3.05, 3.63) is 80.7 Å². The van der Waals surface area contributed by atoms with E-state index >= 15 is 0 Å². The molecule has 4 rings (SSSR count). The number of hydrogen-bond acceptors (Lipinski definition) is 4. The highest BCUT2D eigenvalue weighted by Gasteiger charge is 2.33. The van der Waals surface area contributed by atoms with Crippen LogP contribution in [0.1, 0.15) is 21.6 Å². The molecule has 2 heterocycles. The number of rotatable bonds is 2. The molecule has 28 heavy (non-hydrogen) atoms. The molecule has 1 aliphatic rings. The van der Waals surface area contributed by atoms with Crippen LogP contribution >= 0.6 is 11.6 Å². The van der Waals surface area contributed by atoms with Crippen LogP contribution in [0.15, 0.2) is 47.4 Å². The lowest BCUT2D eigenvalue weighted by Gasteiger charge is -2.39. The van der Waals surface area contributed by atoms with Gasteiger partial charge in [0, 0.05) is 16.9 Å². The number of nitrogens with zero attached hydrogens (tertiary/aromatic N) is 3. The molecule has 0 fully saturated rings. The van der Waals surface area contributed by atoms with E-state index < -0.39 is 5.69 Å². The molecule has 0 saturated carbocycles. The van der Waals surface area contributed by atoms with Crippen LogP contribution in [0.25, 0.3) is 0 Å². The van der Waals surface area contributed by atoms with E-state index in [4.69, 9.17) is 11.6 Å². The zero-order valence-electron chi connectivity index (χ0n) is 15.2. The second-order valence-electron chi connectivity index (χ2n) is 6.57. The summed E-state index contributed by atoms with van der Waals surface area (Å²) in [6.45, 7) is 3.65. The smallest absolute Gasteiger partial charge is 0.322 e. The summed E-state index contributed by atoms with van der Waals surface area (Å²) in [6, 6.07) is 9.58. The predicted octanol–water partition coefficient (Wildman–Crippen LogP) is 3.94. The highest BCUT2D eigenvalue weighted by atomic mass is 35.5. The van der Waals surface area contributed by atoms with Crippen molar-refractivity contribution >= 4 is 34.6 Å². The second kappa shape index (κ2) is 6.76. The Kier molecular flexibility index (Phi) is 4.39. The Balaban J connectivity index is 1.90. The highest BCUT2D eigenvalue weighted by Crippen LogP contribution is 2.38. The zero-order valence-corrected chi connectivity index (χ0v) is 15.9. The molecule has 6 nitrogen and oxygen atoms in total. The van der Waals surface area contributed by atoms with Crippen molar-refractivity contribution < 1.29 is 9.18 Å². The first kappa shape index (κ1) is 18.2. The summed E-state index contributed by atoms with van der Waals surface area (Å²) in [5.74, 6) is -0.589. The monoisotopic (exact) mass is 398 g/mol. The number of amides is 1. The highest BCUT2D eigenvalue weighted by molar-refractivity contribution is 6.31. The van der Waals surface area contributed by atoms with Crippen molar-refractivity contribution in [3.63, 3.8) is 0 Å². The second-order valence-corrected chi connectivity index (χ2v) is 7.01. The number of fused-ring (bicyclic) bond motifs is 1. The van der Waals surface area contributed by atoms with Gasteiger partial charge in [-0.05, 0) is 55.8 Å². The van der Waals surface area contributed by atoms with E-state index in [1.807, 2.05) is 11.8 Å². The molecule has 0 unspecified atom stereocenters. The lowest BCUT2D eigenvalue weighted by molar-refractivity contribution is 0.0983. The van der Waals surface area contributed by atoms with E-state index in [1.165, 1.54) is 23.2 Å². The molecule has 2 aromatic carbocycles. The number of carbonyl (C=O) groups is 1. The summed E-state index contributed by atoms with van der Waals surface area (Å²) >= 11 is 6.13. The van der Waals surface area contributed by atoms with Gasteiger partial charge < -0.3 is 9.88 Å².